The van der Waals surface area contributed by atoms with Crippen LogP contribution < -0.4 is 0 Å². The lowest BCUT2D eigenvalue weighted by Gasteiger charge is -1.95. The Labute approximate surface area is 154 Å². The van der Waals surface area contributed by atoms with Crippen molar-refractivity contribution in [3.63, 3.8) is 0 Å². The Hall–Kier alpha value is -1.73. The predicted molar refractivity (Wildman–Crippen MR) is 103 cm³/mol. The zero-order valence-electron chi connectivity index (χ0n) is 12.2. The van der Waals surface area contributed by atoms with Crippen molar-refractivity contribution in [1.82, 2.24) is 4.98 Å². The highest BCUT2D eigenvalue weighted by atomic mass is 35.5. The SMILES string of the molecule is O=C(O)Cc1sc(-c2cc3ccccc3s2)nc1-c1ccc(Cl)s1. The van der Waals surface area contributed by atoms with Crippen LogP contribution in [0, 0.1) is 0 Å². The second-order valence-corrected chi connectivity index (χ2v) is 9.00. The van der Waals surface area contributed by atoms with E-state index < -0.39 is 5.97 Å². The molecule has 0 bridgehead atoms. The Morgan fingerprint density at radius 2 is 1.92 bits per heavy atom. The zero-order valence-corrected chi connectivity index (χ0v) is 15.4. The van der Waals surface area contributed by atoms with Crippen LogP contribution in [-0.4, -0.2) is 16.1 Å². The molecule has 24 heavy (non-hydrogen) atoms. The molecular weight excluding hydrogens is 382 g/mol. The molecule has 0 amide bonds. The van der Waals surface area contributed by atoms with E-state index in [-0.39, 0.29) is 6.42 Å². The zero-order chi connectivity index (χ0) is 16.7. The normalized spacial score (nSPS) is 11.2. The van der Waals surface area contributed by atoms with Gasteiger partial charge in [0.05, 0.1) is 26.2 Å². The number of hydrogen-bond acceptors (Lipinski definition) is 5. The highest BCUT2D eigenvalue weighted by Gasteiger charge is 2.19. The van der Waals surface area contributed by atoms with Gasteiger partial charge in [-0.25, -0.2) is 4.98 Å². The minimum absolute atomic E-state index is 0.0343. The molecule has 3 aromatic heterocycles. The number of benzene rings is 1. The quantitative estimate of drug-likeness (QED) is 0.461. The Morgan fingerprint density at radius 1 is 1.08 bits per heavy atom. The average Bonchev–Trinajstić information content (AvgIpc) is 3.23. The van der Waals surface area contributed by atoms with E-state index in [2.05, 4.69) is 18.2 Å². The third-order valence-corrected chi connectivity index (χ3v) is 7.03. The molecule has 0 spiro atoms. The molecule has 3 nitrogen and oxygen atoms in total. The summed E-state index contributed by atoms with van der Waals surface area (Å²) in [7, 11) is 0. The highest BCUT2D eigenvalue weighted by Crippen LogP contribution is 2.41. The molecule has 1 aromatic carbocycles. The first-order valence-electron chi connectivity index (χ1n) is 7.06. The van der Waals surface area contributed by atoms with Crippen LogP contribution in [0.15, 0.2) is 42.5 Å². The molecule has 0 fully saturated rings. The number of carboxylic acids is 1. The van der Waals surface area contributed by atoms with Crippen LogP contribution in [0.5, 0.6) is 0 Å². The Bertz CT molecular complexity index is 1010. The van der Waals surface area contributed by atoms with E-state index in [4.69, 9.17) is 16.6 Å². The van der Waals surface area contributed by atoms with Crippen LogP contribution >= 0.6 is 45.6 Å². The van der Waals surface area contributed by atoms with Gasteiger partial charge < -0.3 is 5.11 Å². The fraction of sp³-hybridized carbons (Fsp3) is 0.0588. The van der Waals surface area contributed by atoms with E-state index in [1.165, 1.54) is 32.8 Å². The summed E-state index contributed by atoms with van der Waals surface area (Å²) >= 11 is 10.6. The topological polar surface area (TPSA) is 50.2 Å². The van der Waals surface area contributed by atoms with Gasteiger partial charge in [0, 0.05) is 9.58 Å². The number of nitrogens with zero attached hydrogens (tertiary/aromatic N) is 1. The first kappa shape index (κ1) is 15.8. The summed E-state index contributed by atoms with van der Waals surface area (Å²) in [6, 6.07) is 14.0. The van der Waals surface area contributed by atoms with Crippen molar-refractivity contribution in [3.05, 3.63) is 51.7 Å². The first-order valence-corrected chi connectivity index (χ1v) is 9.89. The van der Waals surface area contributed by atoms with Gasteiger partial charge in [-0.3, -0.25) is 4.79 Å². The highest BCUT2D eigenvalue weighted by molar-refractivity contribution is 7.26. The number of halogens is 1. The van der Waals surface area contributed by atoms with Crippen LogP contribution in [0.1, 0.15) is 4.88 Å². The lowest BCUT2D eigenvalue weighted by molar-refractivity contribution is -0.136. The maximum Gasteiger partial charge on any atom is 0.308 e. The minimum atomic E-state index is -0.856. The number of carboxylic acid groups (broad SMARTS) is 1. The summed E-state index contributed by atoms with van der Waals surface area (Å²) in [5, 5.41) is 11.2. The van der Waals surface area contributed by atoms with Crippen molar-refractivity contribution in [2.75, 3.05) is 0 Å². The maximum absolute atomic E-state index is 11.2. The lowest BCUT2D eigenvalue weighted by atomic mass is 10.2. The van der Waals surface area contributed by atoms with Gasteiger partial charge in [0.25, 0.3) is 0 Å². The van der Waals surface area contributed by atoms with Gasteiger partial charge >= 0.3 is 5.97 Å². The van der Waals surface area contributed by atoms with E-state index in [1.807, 2.05) is 24.3 Å². The molecule has 0 saturated carbocycles. The Balaban J connectivity index is 1.84. The third kappa shape index (κ3) is 2.98. The number of fused-ring (bicyclic) bond motifs is 1. The Morgan fingerprint density at radius 3 is 2.62 bits per heavy atom. The number of carbonyl (C=O) groups is 1. The molecule has 7 heteroatoms. The smallest absolute Gasteiger partial charge is 0.308 e. The van der Waals surface area contributed by atoms with Crippen molar-refractivity contribution in [2.45, 2.75) is 6.42 Å². The number of thiophene rings is 2. The van der Waals surface area contributed by atoms with E-state index in [9.17, 15) is 9.90 Å². The van der Waals surface area contributed by atoms with Crippen LogP contribution in [0.25, 0.3) is 30.5 Å². The van der Waals surface area contributed by atoms with E-state index in [0.717, 1.165) is 25.3 Å². The van der Waals surface area contributed by atoms with Crippen molar-refractivity contribution >= 4 is 61.7 Å². The van der Waals surface area contributed by atoms with Crippen LogP contribution in [0.4, 0.5) is 0 Å². The van der Waals surface area contributed by atoms with Crippen molar-refractivity contribution < 1.29 is 9.90 Å². The molecule has 0 saturated heterocycles. The minimum Gasteiger partial charge on any atom is -0.481 e. The number of rotatable bonds is 4. The monoisotopic (exact) mass is 391 g/mol. The fourth-order valence-corrected chi connectivity index (χ4v) is 5.74. The van der Waals surface area contributed by atoms with Crippen LogP contribution in [-0.2, 0) is 11.2 Å². The van der Waals surface area contributed by atoms with Gasteiger partial charge in [0.15, 0.2) is 0 Å². The summed E-state index contributed by atoms with van der Waals surface area (Å²) in [4.78, 5) is 18.7. The average molecular weight is 392 g/mol. The van der Waals surface area contributed by atoms with E-state index in [1.54, 1.807) is 11.3 Å². The second kappa shape index (κ2) is 6.29. The van der Waals surface area contributed by atoms with Crippen molar-refractivity contribution in [2.24, 2.45) is 0 Å². The van der Waals surface area contributed by atoms with Gasteiger partial charge in [-0.1, -0.05) is 29.8 Å². The fourth-order valence-electron chi connectivity index (χ4n) is 2.44. The number of aliphatic carboxylic acids is 1. The predicted octanol–water partition coefficient (Wildman–Crippen LogP) is 6.03. The van der Waals surface area contributed by atoms with Gasteiger partial charge in [-0.2, -0.15) is 0 Å². The molecule has 0 unspecified atom stereocenters. The Kier molecular flexibility index (Phi) is 4.14. The van der Waals surface area contributed by atoms with Crippen LogP contribution in [0.3, 0.4) is 0 Å². The molecule has 1 N–H and O–H groups in total. The van der Waals surface area contributed by atoms with Crippen LogP contribution in [0.2, 0.25) is 4.34 Å². The molecule has 4 rings (SSSR count). The van der Waals surface area contributed by atoms with Gasteiger partial charge in [0.1, 0.15) is 5.01 Å². The summed E-state index contributed by atoms with van der Waals surface area (Å²) < 4.78 is 1.87. The molecule has 3 heterocycles. The molecule has 0 aliphatic heterocycles. The molecule has 0 aliphatic carbocycles. The van der Waals surface area contributed by atoms with E-state index in [0.29, 0.717) is 4.34 Å². The number of aromatic nitrogens is 1. The van der Waals surface area contributed by atoms with Gasteiger partial charge in [-0.05, 0) is 29.7 Å². The van der Waals surface area contributed by atoms with Gasteiger partial charge in [0.2, 0.25) is 0 Å². The summed E-state index contributed by atoms with van der Waals surface area (Å²) in [6.45, 7) is 0. The first-order chi connectivity index (χ1) is 11.6. The summed E-state index contributed by atoms with van der Waals surface area (Å²) in [5.74, 6) is -0.856. The van der Waals surface area contributed by atoms with Gasteiger partial charge in [-0.15, -0.1) is 34.0 Å². The lowest BCUT2D eigenvalue weighted by Crippen LogP contribution is -1.98. The summed E-state index contributed by atoms with van der Waals surface area (Å²) in [5.41, 5.74) is 0.728. The molecule has 4 aromatic rings. The largest absolute Gasteiger partial charge is 0.481 e. The number of thiazole rings is 1. The molecule has 120 valence electrons. The third-order valence-electron chi connectivity index (χ3n) is 3.45. The second-order valence-electron chi connectivity index (χ2n) is 5.11. The van der Waals surface area contributed by atoms with Crippen molar-refractivity contribution in [1.29, 1.82) is 0 Å². The molecular formula is C17H10ClNO2S3. The summed E-state index contributed by atoms with van der Waals surface area (Å²) in [6.07, 6.45) is -0.0343. The maximum atomic E-state index is 11.2. The van der Waals surface area contributed by atoms with Crippen molar-refractivity contribution in [3.8, 4) is 20.5 Å². The van der Waals surface area contributed by atoms with E-state index >= 15 is 0 Å². The molecule has 0 radical (unpaired) electrons. The molecule has 0 aliphatic rings. The number of hydrogen-bond donors (Lipinski definition) is 1. The molecule has 0 atom stereocenters. The standard InChI is InChI=1S/C17H10ClNO2S3/c18-14-6-5-11(23-14)16-12(8-15(20)21)24-17(19-16)13-7-9-3-1-2-4-10(9)22-13/h1-7H,8H2,(H,20,21).